The molecule has 1 aliphatic rings. The lowest BCUT2D eigenvalue weighted by atomic mass is 9.97. The summed E-state index contributed by atoms with van der Waals surface area (Å²) in [7, 11) is 5.42. The number of carbonyl (C=O) groups excluding carboxylic acids is 1. The van der Waals surface area contributed by atoms with Crippen molar-refractivity contribution in [3.63, 3.8) is 0 Å². The Kier molecular flexibility index (Phi) is 8.35. The Bertz CT molecular complexity index is 560. The maximum atomic E-state index is 12.7. The Labute approximate surface area is 155 Å². The minimum absolute atomic E-state index is 0. The van der Waals surface area contributed by atoms with Crippen LogP contribution in [0.4, 0.5) is 0 Å². The van der Waals surface area contributed by atoms with Crippen molar-refractivity contribution in [1.29, 1.82) is 0 Å². The molecule has 0 bridgehead atoms. The first-order valence-electron chi connectivity index (χ1n) is 8.32. The van der Waals surface area contributed by atoms with E-state index in [1.165, 1.54) is 0 Å². The number of piperidine rings is 1. The second-order valence-electron chi connectivity index (χ2n) is 6.62. The van der Waals surface area contributed by atoms with Gasteiger partial charge in [-0.2, -0.15) is 0 Å². The summed E-state index contributed by atoms with van der Waals surface area (Å²) in [5.74, 6) is -0.719. The highest BCUT2D eigenvalue weighted by molar-refractivity contribution is 5.85. The van der Waals surface area contributed by atoms with Crippen molar-refractivity contribution in [2.75, 3.05) is 40.8 Å². The average molecular weight is 370 g/mol. The molecule has 25 heavy (non-hydrogen) atoms. The van der Waals surface area contributed by atoms with E-state index in [0.717, 1.165) is 31.5 Å². The van der Waals surface area contributed by atoms with Gasteiger partial charge in [0.2, 0.25) is 5.91 Å². The van der Waals surface area contributed by atoms with Crippen LogP contribution in [0.3, 0.4) is 0 Å². The Balaban J connectivity index is 0.00000312. The van der Waals surface area contributed by atoms with E-state index in [9.17, 15) is 9.59 Å². The summed E-state index contributed by atoms with van der Waals surface area (Å²) < 4.78 is 0. The van der Waals surface area contributed by atoms with Crippen LogP contribution in [0.2, 0.25) is 0 Å². The van der Waals surface area contributed by atoms with E-state index in [-0.39, 0.29) is 36.9 Å². The number of nitrogens with zero attached hydrogens (tertiary/aromatic N) is 3. The first-order valence-corrected chi connectivity index (χ1v) is 8.32. The molecule has 0 radical (unpaired) electrons. The third kappa shape index (κ3) is 5.70. The zero-order valence-electron chi connectivity index (χ0n) is 15.1. The van der Waals surface area contributed by atoms with Crippen LogP contribution in [0.1, 0.15) is 24.4 Å². The van der Waals surface area contributed by atoms with Crippen molar-refractivity contribution in [1.82, 2.24) is 14.7 Å². The molecule has 140 valence electrons. The minimum atomic E-state index is -0.801. The Morgan fingerprint density at radius 3 is 2.20 bits per heavy atom. The van der Waals surface area contributed by atoms with Gasteiger partial charge in [0.05, 0.1) is 6.54 Å². The molecule has 0 aromatic heterocycles. The molecule has 0 spiro atoms. The van der Waals surface area contributed by atoms with Gasteiger partial charge in [0.1, 0.15) is 6.04 Å². The van der Waals surface area contributed by atoms with E-state index in [1.54, 1.807) is 19.0 Å². The predicted molar refractivity (Wildman–Crippen MR) is 100.0 cm³/mol. The van der Waals surface area contributed by atoms with E-state index in [4.69, 9.17) is 5.11 Å². The van der Waals surface area contributed by atoms with Crippen LogP contribution < -0.4 is 0 Å². The third-order valence-electron chi connectivity index (χ3n) is 4.66. The molecule has 1 fully saturated rings. The molecule has 1 aromatic carbocycles. The van der Waals surface area contributed by atoms with Crippen molar-refractivity contribution >= 4 is 24.3 Å². The van der Waals surface area contributed by atoms with Gasteiger partial charge in [-0.25, -0.2) is 0 Å². The van der Waals surface area contributed by atoms with E-state index in [0.29, 0.717) is 0 Å². The molecule has 0 saturated carbocycles. The first kappa shape index (κ1) is 21.4. The number of carboxylic acid groups (broad SMARTS) is 1. The number of rotatable bonds is 6. The van der Waals surface area contributed by atoms with Crippen molar-refractivity contribution in [3.8, 4) is 0 Å². The van der Waals surface area contributed by atoms with Crippen LogP contribution >= 0.6 is 12.4 Å². The maximum absolute atomic E-state index is 12.7. The topological polar surface area (TPSA) is 64.1 Å². The summed E-state index contributed by atoms with van der Waals surface area (Å²) in [5.41, 5.74) is 1.01. The lowest BCUT2D eigenvalue weighted by Gasteiger charge is -2.40. The number of amides is 1. The molecular formula is C18H28ClN3O3. The number of carboxylic acids is 1. The SMILES string of the molecule is CN(C)C(=O)C(c1ccccc1)N1CCC(N(C)CC(=O)O)CC1.Cl. The summed E-state index contributed by atoms with van der Waals surface area (Å²) in [5, 5.41) is 8.94. The molecule has 1 N–H and O–H groups in total. The molecule has 6 nitrogen and oxygen atoms in total. The third-order valence-corrected chi connectivity index (χ3v) is 4.66. The Morgan fingerprint density at radius 2 is 1.72 bits per heavy atom. The number of likely N-dealkylation sites (tertiary alicyclic amines) is 1. The van der Waals surface area contributed by atoms with Crippen LogP contribution in [-0.4, -0.2) is 78.5 Å². The van der Waals surface area contributed by atoms with Gasteiger partial charge in [0.25, 0.3) is 0 Å². The van der Waals surface area contributed by atoms with Gasteiger partial charge in [-0.05, 0) is 25.5 Å². The number of aliphatic carboxylic acids is 1. The highest BCUT2D eigenvalue weighted by atomic mass is 35.5. The van der Waals surface area contributed by atoms with E-state index >= 15 is 0 Å². The quantitative estimate of drug-likeness (QED) is 0.827. The van der Waals surface area contributed by atoms with Gasteiger partial charge in [-0.15, -0.1) is 12.4 Å². The second-order valence-corrected chi connectivity index (χ2v) is 6.62. The monoisotopic (exact) mass is 369 g/mol. The lowest BCUT2D eigenvalue weighted by Crippen LogP contribution is -2.48. The summed E-state index contributed by atoms with van der Waals surface area (Å²) >= 11 is 0. The van der Waals surface area contributed by atoms with Gasteiger partial charge in [0, 0.05) is 33.2 Å². The summed E-state index contributed by atoms with van der Waals surface area (Å²) in [6.07, 6.45) is 1.74. The van der Waals surface area contributed by atoms with Gasteiger partial charge < -0.3 is 10.0 Å². The molecule has 7 heteroatoms. The molecule has 2 rings (SSSR count). The summed E-state index contributed by atoms with van der Waals surface area (Å²) in [6, 6.07) is 9.84. The zero-order chi connectivity index (χ0) is 17.7. The number of likely N-dealkylation sites (N-methyl/N-ethyl adjacent to an activating group) is 2. The van der Waals surface area contributed by atoms with E-state index in [1.807, 2.05) is 42.3 Å². The molecule has 1 aliphatic heterocycles. The summed E-state index contributed by atoms with van der Waals surface area (Å²) in [4.78, 5) is 29.3. The summed E-state index contributed by atoms with van der Waals surface area (Å²) in [6.45, 7) is 1.63. The first-order chi connectivity index (χ1) is 11.4. The van der Waals surface area contributed by atoms with Crippen molar-refractivity contribution in [2.24, 2.45) is 0 Å². The fourth-order valence-corrected chi connectivity index (χ4v) is 3.32. The van der Waals surface area contributed by atoms with Crippen LogP contribution in [0.25, 0.3) is 0 Å². The molecule has 0 aliphatic carbocycles. The Morgan fingerprint density at radius 1 is 1.16 bits per heavy atom. The van der Waals surface area contributed by atoms with Crippen LogP contribution in [0, 0.1) is 0 Å². The molecule has 1 unspecified atom stereocenters. The molecular weight excluding hydrogens is 342 g/mol. The van der Waals surface area contributed by atoms with Crippen LogP contribution in [-0.2, 0) is 9.59 Å². The van der Waals surface area contributed by atoms with E-state index in [2.05, 4.69) is 4.90 Å². The van der Waals surface area contributed by atoms with E-state index < -0.39 is 5.97 Å². The van der Waals surface area contributed by atoms with Crippen molar-refractivity contribution in [3.05, 3.63) is 35.9 Å². The second kappa shape index (κ2) is 9.75. The molecule has 1 saturated heterocycles. The molecule has 1 atom stereocenters. The number of halogens is 1. The van der Waals surface area contributed by atoms with Crippen molar-refractivity contribution < 1.29 is 14.7 Å². The Hall–Kier alpha value is -1.63. The standard InChI is InChI=1S/C18H27N3O3.ClH/c1-19(2)18(24)17(14-7-5-4-6-8-14)21-11-9-15(10-12-21)20(3)13-16(22)23;/h4-8,15,17H,9-13H2,1-3H3,(H,22,23);1H. The minimum Gasteiger partial charge on any atom is -0.480 e. The van der Waals surface area contributed by atoms with Crippen LogP contribution in [0.15, 0.2) is 30.3 Å². The number of hydrogen-bond acceptors (Lipinski definition) is 4. The molecule has 1 amide bonds. The van der Waals surface area contributed by atoms with Gasteiger partial charge in [-0.3, -0.25) is 19.4 Å². The zero-order valence-corrected chi connectivity index (χ0v) is 15.9. The average Bonchev–Trinajstić information content (AvgIpc) is 2.56. The van der Waals surface area contributed by atoms with Crippen molar-refractivity contribution in [2.45, 2.75) is 24.9 Å². The number of benzene rings is 1. The fourth-order valence-electron chi connectivity index (χ4n) is 3.32. The van der Waals surface area contributed by atoms with Gasteiger partial charge in [0.15, 0.2) is 0 Å². The molecule has 1 heterocycles. The largest absolute Gasteiger partial charge is 0.480 e. The number of carbonyl (C=O) groups is 2. The number of hydrogen-bond donors (Lipinski definition) is 1. The normalized spacial score (nSPS) is 17.0. The maximum Gasteiger partial charge on any atom is 0.317 e. The van der Waals surface area contributed by atoms with Gasteiger partial charge in [-0.1, -0.05) is 30.3 Å². The molecule has 1 aromatic rings. The van der Waals surface area contributed by atoms with Crippen LogP contribution in [0.5, 0.6) is 0 Å². The highest BCUT2D eigenvalue weighted by Gasteiger charge is 2.33. The fraction of sp³-hybridized carbons (Fsp3) is 0.556. The highest BCUT2D eigenvalue weighted by Crippen LogP contribution is 2.27. The smallest absolute Gasteiger partial charge is 0.317 e. The lowest BCUT2D eigenvalue weighted by molar-refractivity contribution is -0.138. The predicted octanol–water partition coefficient (Wildman–Crippen LogP) is 1.72. The van der Waals surface area contributed by atoms with Gasteiger partial charge >= 0.3 is 5.97 Å².